The summed E-state index contributed by atoms with van der Waals surface area (Å²) in [7, 11) is 1.58. The van der Waals surface area contributed by atoms with Crippen LogP contribution in [0.3, 0.4) is 0 Å². The van der Waals surface area contributed by atoms with E-state index in [0.29, 0.717) is 33.3 Å². The number of aliphatic hydroxyl groups is 1. The van der Waals surface area contributed by atoms with Crippen LogP contribution in [0.2, 0.25) is 0 Å². The summed E-state index contributed by atoms with van der Waals surface area (Å²) in [6, 6.07) is 11.8. The van der Waals surface area contributed by atoms with Gasteiger partial charge in [0.1, 0.15) is 17.1 Å². The number of hydrogen-bond donors (Lipinski definition) is 1. The molecule has 184 valence electrons. The molecule has 6 rings (SSSR count). The average molecular weight is 512 g/mol. The number of ketones is 1. The number of methoxy groups -OCH3 is 1. The fraction of sp³-hybridized carbons (Fsp3) is 0.148. The lowest BCUT2D eigenvalue weighted by molar-refractivity contribution is -0.132. The molecule has 5 aromatic rings. The minimum absolute atomic E-state index is 0.0565. The third kappa shape index (κ3) is 3.48. The van der Waals surface area contributed by atoms with Crippen molar-refractivity contribution in [2.75, 3.05) is 12.0 Å². The zero-order chi connectivity index (χ0) is 25.8. The van der Waals surface area contributed by atoms with Gasteiger partial charge < -0.3 is 14.2 Å². The molecule has 0 radical (unpaired) electrons. The molecule has 1 aliphatic rings. The largest absolute Gasteiger partial charge is 0.505 e. The number of aryl methyl sites for hydroxylation is 2. The molecule has 0 bridgehead atoms. The first kappa shape index (κ1) is 22.9. The summed E-state index contributed by atoms with van der Waals surface area (Å²) in [4.78, 5) is 41.8. The number of aliphatic hydroxyl groups excluding tert-OH is 1. The molecule has 1 saturated heterocycles. The summed E-state index contributed by atoms with van der Waals surface area (Å²) in [5.74, 6) is -1.26. The lowest BCUT2D eigenvalue weighted by Gasteiger charge is -2.22. The van der Waals surface area contributed by atoms with Crippen LogP contribution < -0.4 is 9.64 Å². The maximum Gasteiger partial charge on any atom is 0.301 e. The Labute approximate surface area is 215 Å². The first-order valence-corrected chi connectivity index (χ1v) is 12.3. The molecular weight excluding hydrogens is 490 g/mol. The molecular formula is C27H21N5O4S. The molecule has 0 spiro atoms. The van der Waals surface area contributed by atoms with Crippen molar-refractivity contribution in [3.8, 4) is 5.75 Å². The minimum Gasteiger partial charge on any atom is -0.505 e. The van der Waals surface area contributed by atoms with Crippen molar-refractivity contribution in [2.45, 2.75) is 19.9 Å². The summed E-state index contributed by atoms with van der Waals surface area (Å²) >= 11 is 1.26. The highest BCUT2D eigenvalue weighted by Crippen LogP contribution is 2.44. The number of amides is 1. The molecule has 1 atom stereocenters. The monoisotopic (exact) mass is 511 g/mol. The highest BCUT2D eigenvalue weighted by atomic mass is 32.1. The van der Waals surface area contributed by atoms with Crippen LogP contribution in [0.15, 0.2) is 66.6 Å². The van der Waals surface area contributed by atoms with E-state index >= 15 is 0 Å². The van der Waals surface area contributed by atoms with Crippen molar-refractivity contribution in [2.24, 2.45) is 0 Å². The lowest BCUT2D eigenvalue weighted by Crippen LogP contribution is -2.29. The maximum absolute atomic E-state index is 13.5. The summed E-state index contributed by atoms with van der Waals surface area (Å²) in [6.45, 7) is 3.73. The lowest BCUT2D eigenvalue weighted by atomic mass is 9.97. The fourth-order valence-corrected chi connectivity index (χ4v) is 5.70. The van der Waals surface area contributed by atoms with Gasteiger partial charge in [0.25, 0.3) is 5.78 Å². The fourth-order valence-electron chi connectivity index (χ4n) is 4.68. The molecule has 1 amide bonds. The van der Waals surface area contributed by atoms with Gasteiger partial charge in [0.05, 0.1) is 34.6 Å². The Kier molecular flexibility index (Phi) is 5.27. The zero-order valence-corrected chi connectivity index (χ0v) is 21.0. The number of carbonyl (C=O) groups excluding carboxylic acids is 2. The van der Waals surface area contributed by atoms with Crippen LogP contribution in [0.4, 0.5) is 5.13 Å². The van der Waals surface area contributed by atoms with E-state index in [0.717, 1.165) is 10.3 Å². The van der Waals surface area contributed by atoms with Gasteiger partial charge in [-0.2, -0.15) is 0 Å². The molecule has 1 N–H and O–H groups in total. The Hall–Kier alpha value is -4.57. The SMILES string of the molecule is COc1ccc2nc(N3C(=O)C(=O)C(=C(O)c4nc5c(C)cccn5c4C)C3c3cccnc3)sc2c1. The Morgan fingerprint density at radius 2 is 1.95 bits per heavy atom. The third-order valence-electron chi connectivity index (χ3n) is 6.54. The second-order valence-corrected chi connectivity index (χ2v) is 9.73. The van der Waals surface area contributed by atoms with E-state index in [1.807, 2.05) is 42.6 Å². The van der Waals surface area contributed by atoms with Gasteiger partial charge >= 0.3 is 5.91 Å². The maximum atomic E-state index is 13.5. The first-order chi connectivity index (χ1) is 17.9. The van der Waals surface area contributed by atoms with Crippen LogP contribution in [0.5, 0.6) is 5.75 Å². The second kappa shape index (κ2) is 8.52. The summed E-state index contributed by atoms with van der Waals surface area (Å²) < 4.78 is 7.96. The summed E-state index contributed by atoms with van der Waals surface area (Å²) in [6.07, 6.45) is 5.02. The van der Waals surface area contributed by atoms with Crippen LogP contribution in [0.25, 0.3) is 21.6 Å². The molecule has 37 heavy (non-hydrogen) atoms. The van der Waals surface area contributed by atoms with Gasteiger partial charge in [-0.25, -0.2) is 9.97 Å². The Bertz CT molecular complexity index is 1760. The molecule has 9 nitrogen and oxygen atoms in total. The van der Waals surface area contributed by atoms with Crippen LogP contribution in [-0.4, -0.2) is 43.3 Å². The highest BCUT2D eigenvalue weighted by Gasteiger charge is 2.48. The number of hydrogen-bond acceptors (Lipinski definition) is 8. The molecule has 0 aliphatic carbocycles. The molecule has 1 aromatic carbocycles. The van der Waals surface area contributed by atoms with Crippen molar-refractivity contribution in [1.29, 1.82) is 0 Å². The Morgan fingerprint density at radius 3 is 2.68 bits per heavy atom. The van der Waals surface area contributed by atoms with E-state index in [9.17, 15) is 14.7 Å². The van der Waals surface area contributed by atoms with E-state index in [2.05, 4.69) is 15.0 Å². The van der Waals surface area contributed by atoms with Crippen molar-refractivity contribution < 1.29 is 19.4 Å². The molecule has 1 aliphatic heterocycles. The van der Waals surface area contributed by atoms with Gasteiger partial charge in [0.2, 0.25) is 0 Å². The number of imidazole rings is 1. The van der Waals surface area contributed by atoms with Gasteiger partial charge in [-0.05, 0) is 55.3 Å². The van der Waals surface area contributed by atoms with E-state index in [4.69, 9.17) is 4.74 Å². The van der Waals surface area contributed by atoms with E-state index in [1.165, 1.54) is 16.2 Å². The number of thiazole rings is 1. The Morgan fingerprint density at radius 1 is 1.11 bits per heavy atom. The van der Waals surface area contributed by atoms with E-state index in [1.54, 1.807) is 43.8 Å². The van der Waals surface area contributed by atoms with Gasteiger partial charge in [-0.1, -0.05) is 23.5 Å². The van der Waals surface area contributed by atoms with Crippen molar-refractivity contribution in [3.63, 3.8) is 0 Å². The zero-order valence-electron chi connectivity index (χ0n) is 20.2. The molecule has 1 unspecified atom stereocenters. The molecule has 1 fully saturated rings. The van der Waals surface area contributed by atoms with Crippen molar-refractivity contribution in [1.82, 2.24) is 19.4 Å². The van der Waals surface area contributed by atoms with Crippen molar-refractivity contribution >= 4 is 49.8 Å². The number of rotatable bonds is 4. The highest BCUT2D eigenvalue weighted by molar-refractivity contribution is 7.22. The van der Waals surface area contributed by atoms with Gasteiger partial charge in [0, 0.05) is 18.6 Å². The first-order valence-electron chi connectivity index (χ1n) is 11.5. The number of aromatic nitrogens is 4. The van der Waals surface area contributed by atoms with Gasteiger partial charge in [0.15, 0.2) is 10.9 Å². The van der Waals surface area contributed by atoms with Crippen molar-refractivity contribution in [3.05, 3.63) is 89.1 Å². The third-order valence-corrected chi connectivity index (χ3v) is 7.56. The smallest absolute Gasteiger partial charge is 0.301 e. The van der Waals surface area contributed by atoms with Gasteiger partial charge in [-0.3, -0.25) is 19.5 Å². The average Bonchev–Trinajstić information content (AvgIpc) is 3.56. The number of nitrogens with zero attached hydrogens (tertiary/aromatic N) is 5. The van der Waals surface area contributed by atoms with E-state index < -0.39 is 17.7 Å². The Balaban J connectivity index is 1.58. The predicted molar refractivity (Wildman–Crippen MR) is 140 cm³/mol. The minimum atomic E-state index is -0.929. The number of benzene rings is 1. The second-order valence-electron chi connectivity index (χ2n) is 8.72. The molecule has 5 heterocycles. The molecule has 4 aromatic heterocycles. The summed E-state index contributed by atoms with van der Waals surface area (Å²) in [5.41, 5.74) is 3.65. The predicted octanol–water partition coefficient (Wildman–Crippen LogP) is 4.59. The standard InChI is InChI=1S/C27H21N5O4S/c1-14-6-5-11-31-15(2)21(30-25(14)31)23(33)20-22(16-7-4-10-28-13-16)32(26(35)24(20)34)27-29-18-9-8-17(36-3)12-19(18)37-27/h4-13,22,33H,1-3H3. The van der Waals surface area contributed by atoms with Gasteiger partial charge in [-0.15, -0.1) is 0 Å². The number of pyridine rings is 2. The normalized spacial score (nSPS) is 17.3. The van der Waals surface area contributed by atoms with Crippen LogP contribution >= 0.6 is 11.3 Å². The van der Waals surface area contributed by atoms with Crippen LogP contribution in [0, 0.1) is 13.8 Å². The number of ether oxygens (including phenoxy) is 1. The number of fused-ring (bicyclic) bond motifs is 2. The van der Waals surface area contributed by atoms with E-state index in [-0.39, 0.29) is 17.0 Å². The molecule has 10 heteroatoms. The van der Waals surface area contributed by atoms with Crippen LogP contribution in [-0.2, 0) is 9.59 Å². The summed E-state index contributed by atoms with van der Waals surface area (Å²) in [5, 5.41) is 11.9. The number of anilines is 1. The number of Topliss-reactive ketones (excluding diaryl/α,β-unsaturated/α-hetero) is 1. The quantitative estimate of drug-likeness (QED) is 0.213. The molecule has 0 saturated carbocycles. The topological polar surface area (TPSA) is 110 Å². The number of carbonyl (C=O) groups is 2. The van der Waals surface area contributed by atoms with Crippen LogP contribution in [0.1, 0.15) is 28.6 Å².